The van der Waals surface area contributed by atoms with Crippen molar-refractivity contribution >= 4 is 22.9 Å². The topological polar surface area (TPSA) is 72.7 Å². The average Bonchev–Trinajstić information content (AvgIpc) is 2.81. The number of imidazole rings is 1. The Morgan fingerprint density at radius 1 is 1.27 bits per heavy atom. The molecule has 0 aliphatic heterocycles. The molecule has 0 saturated carbocycles. The molecule has 0 radical (unpaired) electrons. The number of rotatable bonds is 6. The van der Waals surface area contributed by atoms with Gasteiger partial charge in [0, 0.05) is 18.8 Å². The number of H-pyrrole nitrogens is 1. The Bertz CT molecular complexity index is 772. The summed E-state index contributed by atoms with van der Waals surface area (Å²) in [6.45, 7) is 9.30. The number of thioether (sulfide) groups is 1. The molecule has 22 heavy (non-hydrogen) atoms. The molecule has 0 spiro atoms. The highest BCUT2D eigenvalue weighted by atomic mass is 32.2. The van der Waals surface area contributed by atoms with E-state index in [0.29, 0.717) is 22.3 Å². The van der Waals surface area contributed by atoms with E-state index in [2.05, 4.69) is 37.7 Å². The third kappa shape index (κ3) is 3.29. The van der Waals surface area contributed by atoms with Crippen molar-refractivity contribution in [1.82, 2.24) is 19.1 Å². The molecular weight excluding hydrogens is 300 g/mol. The van der Waals surface area contributed by atoms with Crippen molar-refractivity contribution in [1.29, 1.82) is 0 Å². The van der Waals surface area contributed by atoms with Crippen molar-refractivity contribution in [3.63, 3.8) is 0 Å². The van der Waals surface area contributed by atoms with Gasteiger partial charge in [0.15, 0.2) is 16.3 Å². The monoisotopic (exact) mass is 324 g/mol. The van der Waals surface area contributed by atoms with Gasteiger partial charge in [0.25, 0.3) is 5.56 Å². The minimum Gasteiger partial charge on any atom is -0.313 e. The second-order valence-corrected chi connectivity index (χ2v) is 7.46. The van der Waals surface area contributed by atoms with Crippen LogP contribution in [0.15, 0.2) is 14.7 Å². The molecule has 0 bridgehead atoms. The van der Waals surface area contributed by atoms with Crippen molar-refractivity contribution < 1.29 is 0 Å². The first-order chi connectivity index (χ1) is 10.3. The van der Waals surface area contributed by atoms with Crippen LogP contribution in [0.5, 0.6) is 0 Å². The molecule has 2 heterocycles. The van der Waals surface area contributed by atoms with E-state index in [1.54, 1.807) is 18.8 Å². The van der Waals surface area contributed by atoms with Crippen LogP contribution in [0.4, 0.5) is 0 Å². The number of hydrogen-bond acceptors (Lipinski definition) is 4. The lowest BCUT2D eigenvalue weighted by Gasteiger charge is -2.12. The Hall–Kier alpha value is -1.50. The van der Waals surface area contributed by atoms with Crippen molar-refractivity contribution in [2.45, 2.75) is 57.5 Å². The summed E-state index contributed by atoms with van der Waals surface area (Å²) in [6.07, 6.45) is 1.98. The van der Waals surface area contributed by atoms with Gasteiger partial charge in [-0.3, -0.25) is 14.3 Å². The van der Waals surface area contributed by atoms with Crippen molar-refractivity contribution in [3.05, 3.63) is 20.8 Å². The van der Waals surface area contributed by atoms with Crippen LogP contribution < -0.4 is 11.2 Å². The van der Waals surface area contributed by atoms with Gasteiger partial charge in [-0.15, -0.1) is 0 Å². The normalized spacial score (nSPS) is 13.2. The van der Waals surface area contributed by atoms with Crippen LogP contribution in [0, 0.1) is 5.92 Å². The number of aromatic nitrogens is 4. The van der Waals surface area contributed by atoms with Crippen molar-refractivity contribution in [2.24, 2.45) is 13.0 Å². The molecule has 1 N–H and O–H groups in total. The summed E-state index contributed by atoms with van der Waals surface area (Å²) in [5, 5.41) is 1.22. The number of nitrogens with zero attached hydrogens (tertiary/aromatic N) is 3. The Labute approximate surface area is 133 Å². The molecule has 0 amide bonds. The SMILES string of the molecule is CCC(C)Sc1nc2c(c(=O)[nH]c(=O)n2C)n1CCC(C)C. The van der Waals surface area contributed by atoms with Crippen LogP contribution in [0.1, 0.15) is 40.5 Å². The lowest BCUT2D eigenvalue weighted by atomic mass is 10.1. The maximum absolute atomic E-state index is 12.2. The fraction of sp³-hybridized carbons (Fsp3) is 0.667. The van der Waals surface area contributed by atoms with Crippen molar-refractivity contribution in [2.75, 3.05) is 0 Å². The van der Waals surface area contributed by atoms with Crippen LogP contribution in [-0.2, 0) is 13.6 Å². The number of aromatic amines is 1. The summed E-state index contributed by atoms with van der Waals surface area (Å²) in [6, 6.07) is 0. The summed E-state index contributed by atoms with van der Waals surface area (Å²) in [7, 11) is 1.64. The molecule has 0 saturated heterocycles. The fourth-order valence-electron chi connectivity index (χ4n) is 2.16. The van der Waals surface area contributed by atoms with Crippen LogP contribution >= 0.6 is 11.8 Å². The summed E-state index contributed by atoms with van der Waals surface area (Å²) in [5.74, 6) is 0.533. The molecule has 2 aromatic rings. The Morgan fingerprint density at radius 3 is 2.55 bits per heavy atom. The molecule has 122 valence electrons. The summed E-state index contributed by atoms with van der Waals surface area (Å²) >= 11 is 1.65. The van der Waals surface area contributed by atoms with Gasteiger partial charge in [0.1, 0.15) is 0 Å². The van der Waals surface area contributed by atoms with E-state index in [9.17, 15) is 9.59 Å². The number of aryl methyl sites for hydroxylation is 2. The van der Waals surface area contributed by atoms with Gasteiger partial charge in [0.05, 0.1) is 0 Å². The maximum atomic E-state index is 12.2. The fourth-order valence-corrected chi connectivity index (χ4v) is 3.14. The van der Waals surface area contributed by atoms with Gasteiger partial charge in [0.2, 0.25) is 0 Å². The highest BCUT2D eigenvalue weighted by Crippen LogP contribution is 2.27. The van der Waals surface area contributed by atoms with Gasteiger partial charge in [-0.2, -0.15) is 0 Å². The van der Waals surface area contributed by atoms with E-state index < -0.39 is 5.69 Å². The molecule has 6 nitrogen and oxygen atoms in total. The third-order valence-electron chi connectivity index (χ3n) is 3.78. The molecule has 0 aliphatic carbocycles. The zero-order valence-electron chi connectivity index (χ0n) is 13.8. The zero-order chi connectivity index (χ0) is 16.4. The predicted molar refractivity (Wildman–Crippen MR) is 90.7 cm³/mol. The zero-order valence-corrected chi connectivity index (χ0v) is 14.7. The highest BCUT2D eigenvalue weighted by molar-refractivity contribution is 7.99. The minimum atomic E-state index is -0.425. The third-order valence-corrected chi connectivity index (χ3v) is 5.04. The first-order valence-electron chi connectivity index (χ1n) is 7.71. The largest absolute Gasteiger partial charge is 0.329 e. The molecule has 7 heteroatoms. The average molecular weight is 324 g/mol. The van der Waals surface area contributed by atoms with E-state index in [1.165, 1.54) is 4.57 Å². The maximum Gasteiger partial charge on any atom is 0.329 e. The molecule has 2 rings (SSSR count). The van der Waals surface area contributed by atoms with E-state index in [4.69, 9.17) is 0 Å². The molecule has 0 fully saturated rings. The van der Waals surface area contributed by atoms with Crippen LogP contribution in [0.3, 0.4) is 0 Å². The first kappa shape index (κ1) is 16.9. The lowest BCUT2D eigenvalue weighted by molar-refractivity contribution is 0.502. The lowest BCUT2D eigenvalue weighted by Crippen LogP contribution is -2.29. The van der Waals surface area contributed by atoms with Crippen molar-refractivity contribution in [3.8, 4) is 0 Å². The Balaban J connectivity index is 2.63. The molecule has 1 atom stereocenters. The van der Waals surface area contributed by atoms with Gasteiger partial charge < -0.3 is 4.57 Å². The second-order valence-electron chi connectivity index (χ2n) is 6.06. The van der Waals surface area contributed by atoms with Crippen LogP contribution in [0.25, 0.3) is 11.2 Å². The van der Waals surface area contributed by atoms with E-state index in [-0.39, 0.29) is 5.56 Å². The van der Waals surface area contributed by atoms with E-state index >= 15 is 0 Å². The molecule has 0 aliphatic rings. The van der Waals surface area contributed by atoms with Gasteiger partial charge >= 0.3 is 5.69 Å². The molecule has 0 aromatic carbocycles. The van der Waals surface area contributed by atoms with Gasteiger partial charge in [-0.25, -0.2) is 9.78 Å². The van der Waals surface area contributed by atoms with E-state index in [0.717, 1.165) is 24.5 Å². The Morgan fingerprint density at radius 2 is 1.95 bits per heavy atom. The predicted octanol–water partition coefficient (Wildman–Crippen LogP) is 2.36. The minimum absolute atomic E-state index is 0.356. The molecule has 2 aromatic heterocycles. The van der Waals surface area contributed by atoms with Crippen LogP contribution in [-0.4, -0.2) is 24.4 Å². The van der Waals surface area contributed by atoms with E-state index in [1.807, 2.05) is 4.57 Å². The quantitative estimate of drug-likeness (QED) is 0.828. The summed E-state index contributed by atoms with van der Waals surface area (Å²) in [5.41, 5.74) is 0.174. The number of fused-ring (bicyclic) bond motifs is 1. The van der Waals surface area contributed by atoms with Gasteiger partial charge in [-0.1, -0.05) is 39.5 Å². The highest BCUT2D eigenvalue weighted by Gasteiger charge is 2.19. The number of nitrogens with one attached hydrogen (secondary N) is 1. The summed E-state index contributed by atoms with van der Waals surface area (Å²) in [4.78, 5) is 31.0. The van der Waals surface area contributed by atoms with Gasteiger partial charge in [-0.05, 0) is 18.8 Å². The molecule has 1 unspecified atom stereocenters. The molecular formula is C15H24N4O2S. The second kappa shape index (κ2) is 6.73. The smallest absolute Gasteiger partial charge is 0.313 e. The van der Waals surface area contributed by atoms with Crippen LogP contribution in [0.2, 0.25) is 0 Å². The summed E-state index contributed by atoms with van der Waals surface area (Å²) < 4.78 is 3.37. The standard InChI is InChI=1S/C15H24N4O2S/c1-6-10(4)22-15-16-12-11(19(15)8-7-9(2)3)13(20)17-14(21)18(12)5/h9-10H,6-8H2,1-5H3,(H,17,20,21). The Kier molecular flexibility index (Phi) is 5.16. The first-order valence-corrected chi connectivity index (χ1v) is 8.59. The number of hydrogen-bond donors (Lipinski definition) is 1.